The van der Waals surface area contributed by atoms with E-state index in [1.54, 1.807) is 6.33 Å². The predicted octanol–water partition coefficient (Wildman–Crippen LogP) is 0.134. The molecule has 3 aliphatic heterocycles. The zero-order valence-electron chi connectivity index (χ0n) is 13.0. The highest BCUT2D eigenvalue weighted by Gasteiger charge is 2.47. The van der Waals surface area contributed by atoms with Crippen LogP contribution < -0.4 is 11.1 Å². The third-order valence-electron chi connectivity index (χ3n) is 5.40. The Kier molecular flexibility index (Phi) is 2.88. The number of fused-ring (bicyclic) bond motifs is 1. The van der Waals surface area contributed by atoms with Crippen molar-refractivity contribution in [2.24, 2.45) is 0 Å². The number of aromatic nitrogens is 4. The molecular formula is C15H21N7O. The second kappa shape index (κ2) is 4.86. The van der Waals surface area contributed by atoms with Crippen molar-refractivity contribution in [3.63, 3.8) is 0 Å². The number of hydrogen-bond donors (Lipinski definition) is 2. The molecule has 23 heavy (non-hydrogen) atoms. The summed E-state index contributed by atoms with van der Waals surface area (Å²) in [7, 11) is 0. The number of rotatable bonds is 3. The van der Waals surface area contributed by atoms with Gasteiger partial charge in [0.2, 0.25) is 0 Å². The third kappa shape index (κ3) is 2.13. The van der Waals surface area contributed by atoms with Crippen LogP contribution in [0.3, 0.4) is 0 Å². The van der Waals surface area contributed by atoms with E-state index in [0.29, 0.717) is 16.9 Å². The summed E-state index contributed by atoms with van der Waals surface area (Å²) in [6.07, 6.45) is 6.90. The number of imidazole rings is 1. The SMILES string of the molecule is Nc1ncnc2c1ncn2C1CCC(CN2CC3(CCN3)C2)O1. The van der Waals surface area contributed by atoms with Crippen LogP contribution in [0.2, 0.25) is 0 Å². The van der Waals surface area contributed by atoms with E-state index in [2.05, 4.69) is 25.2 Å². The molecule has 5 rings (SSSR count). The van der Waals surface area contributed by atoms with Gasteiger partial charge in [0, 0.05) is 25.2 Å². The predicted molar refractivity (Wildman–Crippen MR) is 84.7 cm³/mol. The van der Waals surface area contributed by atoms with E-state index < -0.39 is 0 Å². The lowest BCUT2D eigenvalue weighted by Crippen LogP contribution is -2.76. The standard InChI is InChI=1S/C15H21N7O/c16-13-12-14(18-8-17-13)22(9-19-12)11-2-1-10(23-11)5-21-6-15(7-21)3-4-20-15/h8-11,20H,1-7H2,(H2,16,17,18). The number of hydrogen-bond acceptors (Lipinski definition) is 7. The molecule has 2 atom stereocenters. The molecule has 1 spiro atoms. The Morgan fingerprint density at radius 1 is 1.30 bits per heavy atom. The van der Waals surface area contributed by atoms with Crippen molar-refractivity contribution in [3.05, 3.63) is 12.7 Å². The molecule has 2 unspecified atom stereocenters. The van der Waals surface area contributed by atoms with Crippen molar-refractivity contribution in [2.75, 3.05) is 31.9 Å². The first-order valence-corrected chi connectivity index (χ1v) is 8.28. The van der Waals surface area contributed by atoms with E-state index in [1.165, 1.54) is 19.3 Å². The van der Waals surface area contributed by atoms with Crippen LogP contribution in [0, 0.1) is 0 Å². The summed E-state index contributed by atoms with van der Waals surface area (Å²) < 4.78 is 8.22. The summed E-state index contributed by atoms with van der Waals surface area (Å²) in [6.45, 7) is 4.52. The van der Waals surface area contributed by atoms with Gasteiger partial charge in [0.1, 0.15) is 18.1 Å². The van der Waals surface area contributed by atoms with E-state index in [4.69, 9.17) is 10.5 Å². The van der Waals surface area contributed by atoms with Crippen LogP contribution in [0.4, 0.5) is 5.82 Å². The molecule has 5 heterocycles. The fourth-order valence-electron chi connectivity index (χ4n) is 4.08. The number of nitrogens with two attached hydrogens (primary N) is 1. The second-order valence-corrected chi connectivity index (χ2v) is 7.00. The molecule has 122 valence electrons. The molecule has 3 fully saturated rings. The fraction of sp³-hybridized carbons (Fsp3) is 0.667. The number of likely N-dealkylation sites (tertiary alicyclic amines) is 1. The molecule has 3 N–H and O–H groups in total. The van der Waals surface area contributed by atoms with Gasteiger partial charge >= 0.3 is 0 Å². The molecular weight excluding hydrogens is 294 g/mol. The van der Waals surface area contributed by atoms with Crippen molar-refractivity contribution in [2.45, 2.75) is 37.1 Å². The van der Waals surface area contributed by atoms with Crippen LogP contribution in [-0.4, -0.2) is 62.2 Å². The Hall–Kier alpha value is -1.77. The van der Waals surface area contributed by atoms with E-state index in [9.17, 15) is 0 Å². The monoisotopic (exact) mass is 315 g/mol. The maximum Gasteiger partial charge on any atom is 0.167 e. The largest absolute Gasteiger partial charge is 0.382 e. The molecule has 2 aromatic rings. The summed E-state index contributed by atoms with van der Waals surface area (Å²) >= 11 is 0. The lowest BCUT2D eigenvalue weighted by atomic mass is 9.80. The number of nitrogens with one attached hydrogen (secondary N) is 1. The van der Waals surface area contributed by atoms with Crippen molar-refractivity contribution < 1.29 is 4.74 Å². The minimum Gasteiger partial charge on any atom is -0.382 e. The van der Waals surface area contributed by atoms with Gasteiger partial charge in [0.05, 0.1) is 12.4 Å². The maximum absolute atomic E-state index is 6.24. The van der Waals surface area contributed by atoms with Gasteiger partial charge in [0.25, 0.3) is 0 Å². The summed E-state index contributed by atoms with van der Waals surface area (Å²) in [5.41, 5.74) is 7.70. The number of anilines is 1. The first-order valence-electron chi connectivity index (χ1n) is 8.28. The molecule has 0 radical (unpaired) electrons. The Balaban J connectivity index is 1.25. The van der Waals surface area contributed by atoms with E-state index in [1.807, 2.05) is 4.57 Å². The van der Waals surface area contributed by atoms with E-state index >= 15 is 0 Å². The molecule has 0 saturated carbocycles. The van der Waals surface area contributed by atoms with Gasteiger partial charge in [-0.1, -0.05) is 0 Å². The van der Waals surface area contributed by atoms with Crippen LogP contribution in [0.25, 0.3) is 11.2 Å². The van der Waals surface area contributed by atoms with Crippen LogP contribution >= 0.6 is 0 Å². The minimum atomic E-state index is -0.00337. The normalized spacial score (nSPS) is 29.7. The van der Waals surface area contributed by atoms with Gasteiger partial charge in [-0.3, -0.25) is 9.47 Å². The zero-order chi connectivity index (χ0) is 15.4. The van der Waals surface area contributed by atoms with Gasteiger partial charge < -0.3 is 15.8 Å². The summed E-state index contributed by atoms with van der Waals surface area (Å²) in [5, 5.41) is 3.55. The fourth-order valence-corrected chi connectivity index (χ4v) is 4.08. The topological polar surface area (TPSA) is 94.1 Å². The van der Waals surface area contributed by atoms with Gasteiger partial charge in [-0.05, 0) is 25.8 Å². The molecule has 8 nitrogen and oxygen atoms in total. The molecule has 8 heteroatoms. The Labute approximate surface area is 134 Å². The summed E-state index contributed by atoms with van der Waals surface area (Å²) in [5.74, 6) is 0.419. The average Bonchev–Trinajstić information content (AvgIpc) is 3.07. The van der Waals surface area contributed by atoms with Gasteiger partial charge in [-0.2, -0.15) is 0 Å². The Morgan fingerprint density at radius 2 is 2.17 bits per heavy atom. The van der Waals surface area contributed by atoms with Crippen LogP contribution in [0.1, 0.15) is 25.5 Å². The zero-order valence-corrected chi connectivity index (χ0v) is 13.0. The van der Waals surface area contributed by atoms with Gasteiger partial charge in [-0.25, -0.2) is 15.0 Å². The smallest absolute Gasteiger partial charge is 0.167 e. The van der Waals surface area contributed by atoms with Crippen molar-refractivity contribution >= 4 is 17.0 Å². The highest BCUT2D eigenvalue weighted by Crippen LogP contribution is 2.34. The van der Waals surface area contributed by atoms with Gasteiger partial charge in [0.15, 0.2) is 11.5 Å². The average molecular weight is 315 g/mol. The van der Waals surface area contributed by atoms with E-state index in [-0.39, 0.29) is 12.3 Å². The maximum atomic E-state index is 6.24. The molecule has 0 amide bonds. The molecule has 2 aromatic heterocycles. The molecule has 3 aliphatic rings. The van der Waals surface area contributed by atoms with Crippen molar-refractivity contribution in [3.8, 4) is 0 Å². The first-order chi connectivity index (χ1) is 11.2. The van der Waals surface area contributed by atoms with E-state index in [0.717, 1.165) is 38.1 Å². The first kappa shape index (κ1) is 13.6. The van der Waals surface area contributed by atoms with Crippen LogP contribution in [0.5, 0.6) is 0 Å². The second-order valence-electron chi connectivity index (χ2n) is 7.00. The van der Waals surface area contributed by atoms with Gasteiger partial charge in [-0.15, -0.1) is 0 Å². The molecule has 3 saturated heterocycles. The molecule has 0 bridgehead atoms. The van der Waals surface area contributed by atoms with Crippen molar-refractivity contribution in [1.29, 1.82) is 0 Å². The third-order valence-corrected chi connectivity index (χ3v) is 5.40. The van der Waals surface area contributed by atoms with Crippen LogP contribution in [0.15, 0.2) is 12.7 Å². The number of nitrogens with zero attached hydrogens (tertiary/aromatic N) is 5. The number of nitrogen functional groups attached to an aromatic ring is 1. The summed E-state index contributed by atoms with van der Waals surface area (Å²) in [4.78, 5) is 15.1. The lowest BCUT2D eigenvalue weighted by molar-refractivity contribution is -0.0585. The minimum absolute atomic E-state index is 0.00337. The van der Waals surface area contributed by atoms with Crippen LogP contribution in [-0.2, 0) is 4.74 Å². The molecule has 0 aliphatic carbocycles. The Bertz CT molecular complexity index is 733. The Morgan fingerprint density at radius 3 is 2.96 bits per heavy atom. The summed E-state index contributed by atoms with van der Waals surface area (Å²) in [6, 6.07) is 0. The highest BCUT2D eigenvalue weighted by molar-refractivity contribution is 5.81. The lowest BCUT2D eigenvalue weighted by Gasteiger charge is -2.57. The highest BCUT2D eigenvalue weighted by atomic mass is 16.5. The number of ether oxygens (including phenoxy) is 1. The molecule has 0 aromatic carbocycles. The quantitative estimate of drug-likeness (QED) is 0.831. The van der Waals surface area contributed by atoms with Crippen molar-refractivity contribution in [1.82, 2.24) is 29.7 Å².